The van der Waals surface area contributed by atoms with Gasteiger partial charge < -0.3 is 14.8 Å². The number of methoxy groups -OCH3 is 1. The average Bonchev–Trinajstić information content (AvgIpc) is 2.53. The summed E-state index contributed by atoms with van der Waals surface area (Å²) in [6.07, 6.45) is 10.3. The Morgan fingerprint density at radius 3 is 2.43 bits per heavy atom. The van der Waals surface area contributed by atoms with Crippen LogP contribution in [0.3, 0.4) is 0 Å². The van der Waals surface area contributed by atoms with E-state index in [9.17, 15) is 0 Å². The number of benzene rings is 1. The van der Waals surface area contributed by atoms with Gasteiger partial charge in [-0.25, -0.2) is 0 Å². The molecule has 1 fully saturated rings. The smallest absolute Gasteiger partial charge is 0.162 e. The first-order valence-electron chi connectivity index (χ1n) is 8.97. The molecule has 3 nitrogen and oxygen atoms in total. The van der Waals surface area contributed by atoms with Crippen molar-refractivity contribution in [2.45, 2.75) is 70.9 Å². The highest BCUT2D eigenvalue weighted by molar-refractivity contribution is 6.31. The minimum atomic E-state index is 0.605. The van der Waals surface area contributed by atoms with Gasteiger partial charge >= 0.3 is 0 Å². The van der Waals surface area contributed by atoms with Crippen LogP contribution in [-0.2, 0) is 6.54 Å². The van der Waals surface area contributed by atoms with Crippen molar-refractivity contribution in [3.05, 3.63) is 22.7 Å². The highest BCUT2D eigenvalue weighted by Crippen LogP contribution is 2.33. The van der Waals surface area contributed by atoms with Gasteiger partial charge in [-0.3, -0.25) is 0 Å². The second-order valence-corrected chi connectivity index (χ2v) is 6.77. The molecule has 0 heterocycles. The summed E-state index contributed by atoms with van der Waals surface area (Å²) in [5, 5.41) is 4.43. The van der Waals surface area contributed by atoms with E-state index >= 15 is 0 Å². The van der Waals surface area contributed by atoms with E-state index in [0.29, 0.717) is 12.6 Å². The lowest BCUT2D eigenvalue weighted by Gasteiger charge is -2.22. The maximum Gasteiger partial charge on any atom is 0.162 e. The van der Waals surface area contributed by atoms with Crippen molar-refractivity contribution in [2.24, 2.45) is 0 Å². The molecule has 0 unspecified atom stereocenters. The molecule has 1 aromatic carbocycles. The predicted octanol–water partition coefficient (Wildman–Crippen LogP) is 5.34. The predicted molar refractivity (Wildman–Crippen MR) is 96.7 cm³/mol. The molecular formula is C19H30ClNO2. The van der Waals surface area contributed by atoms with Crippen molar-refractivity contribution >= 4 is 11.6 Å². The van der Waals surface area contributed by atoms with Crippen molar-refractivity contribution in [1.29, 1.82) is 0 Å². The van der Waals surface area contributed by atoms with Crippen LogP contribution in [0.25, 0.3) is 0 Å². The van der Waals surface area contributed by atoms with Crippen molar-refractivity contribution in [1.82, 2.24) is 5.32 Å². The topological polar surface area (TPSA) is 30.5 Å². The molecule has 1 saturated carbocycles. The molecule has 23 heavy (non-hydrogen) atoms. The van der Waals surface area contributed by atoms with Crippen molar-refractivity contribution in [2.75, 3.05) is 13.7 Å². The average molecular weight is 340 g/mol. The molecule has 1 aliphatic rings. The van der Waals surface area contributed by atoms with E-state index in [2.05, 4.69) is 12.2 Å². The molecule has 1 aliphatic carbocycles. The summed E-state index contributed by atoms with van der Waals surface area (Å²) in [6.45, 7) is 3.54. The van der Waals surface area contributed by atoms with Gasteiger partial charge in [0.05, 0.1) is 13.7 Å². The van der Waals surface area contributed by atoms with Crippen LogP contribution in [-0.4, -0.2) is 19.8 Å². The minimum absolute atomic E-state index is 0.605. The summed E-state index contributed by atoms with van der Waals surface area (Å²) >= 11 is 6.44. The fraction of sp³-hybridized carbons (Fsp3) is 0.684. The normalized spacial score (nSPS) is 16.7. The number of rotatable bonds is 7. The van der Waals surface area contributed by atoms with Crippen molar-refractivity contribution in [3.8, 4) is 11.5 Å². The van der Waals surface area contributed by atoms with Crippen molar-refractivity contribution in [3.63, 3.8) is 0 Å². The number of hydrogen-bond donors (Lipinski definition) is 1. The first-order valence-corrected chi connectivity index (χ1v) is 9.35. The Labute approximate surface area is 145 Å². The Hall–Kier alpha value is -0.930. The maximum atomic E-state index is 6.44. The Morgan fingerprint density at radius 2 is 1.78 bits per heavy atom. The third kappa shape index (κ3) is 5.89. The van der Waals surface area contributed by atoms with Crippen LogP contribution in [0.5, 0.6) is 11.5 Å². The van der Waals surface area contributed by atoms with Crippen LogP contribution in [0, 0.1) is 0 Å². The van der Waals surface area contributed by atoms with E-state index in [0.717, 1.165) is 35.1 Å². The summed E-state index contributed by atoms with van der Waals surface area (Å²) in [5.74, 6) is 1.49. The fourth-order valence-electron chi connectivity index (χ4n) is 3.11. The first kappa shape index (κ1) is 18.4. The quantitative estimate of drug-likeness (QED) is 0.727. The zero-order valence-corrected chi connectivity index (χ0v) is 15.3. The van der Waals surface area contributed by atoms with Crippen LogP contribution in [0.2, 0.25) is 5.02 Å². The number of hydrogen-bond acceptors (Lipinski definition) is 3. The molecule has 1 N–H and O–H groups in total. The SMILES string of the molecule is CCCOc1cc(Cl)c(CNC2CCCCCCC2)cc1OC. The Morgan fingerprint density at radius 1 is 1.09 bits per heavy atom. The molecule has 0 aromatic heterocycles. The zero-order chi connectivity index (χ0) is 16.5. The monoisotopic (exact) mass is 339 g/mol. The Bertz CT molecular complexity index is 471. The van der Waals surface area contributed by atoms with Gasteiger partial charge in [-0.2, -0.15) is 0 Å². The van der Waals surface area contributed by atoms with Crippen LogP contribution < -0.4 is 14.8 Å². The lowest BCUT2D eigenvalue weighted by Crippen LogP contribution is -2.29. The summed E-state index contributed by atoms with van der Waals surface area (Å²) < 4.78 is 11.2. The van der Waals surface area contributed by atoms with Gasteiger partial charge in [0.1, 0.15) is 0 Å². The molecule has 0 radical (unpaired) electrons. The lowest BCUT2D eigenvalue weighted by atomic mass is 9.96. The van der Waals surface area contributed by atoms with Gasteiger partial charge in [0.2, 0.25) is 0 Å². The van der Waals surface area contributed by atoms with Crippen molar-refractivity contribution < 1.29 is 9.47 Å². The molecule has 4 heteroatoms. The zero-order valence-electron chi connectivity index (χ0n) is 14.5. The summed E-state index contributed by atoms with van der Waals surface area (Å²) in [4.78, 5) is 0. The van der Waals surface area contributed by atoms with Gasteiger partial charge in [-0.15, -0.1) is 0 Å². The highest BCUT2D eigenvalue weighted by atomic mass is 35.5. The molecule has 0 spiro atoms. The Kier molecular flexibility index (Phi) is 8.04. The van der Waals surface area contributed by atoms with Gasteiger partial charge in [-0.1, -0.05) is 50.6 Å². The van der Waals surface area contributed by atoms with E-state index in [4.69, 9.17) is 21.1 Å². The van der Waals surface area contributed by atoms with Gasteiger partial charge in [0, 0.05) is 23.7 Å². The largest absolute Gasteiger partial charge is 0.493 e. The molecule has 130 valence electrons. The summed E-state index contributed by atoms with van der Waals surface area (Å²) in [7, 11) is 1.67. The van der Waals surface area contributed by atoms with E-state index in [1.807, 2.05) is 12.1 Å². The summed E-state index contributed by atoms with van der Waals surface area (Å²) in [6, 6.07) is 4.49. The number of nitrogens with one attached hydrogen (secondary N) is 1. The van der Waals surface area contributed by atoms with Gasteiger partial charge in [-0.05, 0) is 30.9 Å². The van der Waals surface area contributed by atoms with E-state index in [1.165, 1.54) is 44.9 Å². The molecule has 0 bridgehead atoms. The molecule has 0 saturated heterocycles. The van der Waals surface area contributed by atoms with Gasteiger partial charge in [0.15, 0.2) is 11.5 Å². The van der Waals surface area contributed by atoms with Gasteiger partial charge in [0.25, 0.3) is 0 Å². The molecular weight excluding hydrogens is 310 g/mol. The standard InChI is InChI=1S/C19H30ClNO2/c1-3-11-23-19-13-17(20)15(12-18(19)22-2)14-21-16-9-7-5-4-6-8-10-16/h12-13,16,21H,3-11,14H2,1-2H3. The van der Waals surface area contributed by atoms with Crippen LogP contribution >= 0.6 is 11.6 Å². The lowest BCUT2D eigenvalue weighted by molar-refractivity contribution is 0.294. The van der Waals surface area contributed by atoms with Crippen LogP contribution in [0.1, 0.15) is 63.9 Å². The first-order chi connectivity index (χ1) is 11.2. The third-order valence-corrected chi connectivity index (χ3v) is 4.83. The van der Waals surface area contributed by atoms with E-state index < -0.39 is 0 Å². The van der Waals surface area contributed by atoms with E-state index in [-0.39, 0.29) is 0 Å². The van der Waals surface area contributed by atoms with Crippen LogP contribution in [0.4, 0.5) is 0 Å². The maximum absolute atomic E-state index is 6.44. The van der Waals surface area contributed by atoms with Crippen LogP contribution in [0.15, 0.2) is 12.1 Å². The third-order valence-electron chi connectivity index (χ3n) is 4.48. The number of halogens is 1. The fourth-order valence-corrected chi connectivity index (χ4v) is 3.33. The molecule has 1 aromatic rings. The number of ether oxygens (including phenoxy) is 2. The molecule has 0 amide bonds. The summed E-state index contributed by atoms with van der Waals surface area (Å²) in [5.41, 5.74) is 1.08. The van der Waals surface area contributed by atoms with E-state index in [1.54, 1.807) is 7.11 Å². The Balaban J connectivity index is 1.98. The molecule has 0 atom stereocenters. The molecule has 2 rings (SSSR count). The highest BCUT2D eigenvalue weighted by Gasteiger charge is 2.14. The minimum Gasteiger partial charge on any atom is -0.493 e. The second-order valence-electron chi connectivity index (χ2n) is 6.37. The molecule has 0 aliphatic heterocycles. The second kappa shape index (κ2) is 10.0.